The molecular formula is C23H30F3N3O6S3. The summed E-state index contributed by atoms with van der Waals surface area (Å²) in [4.78, 5) is 1.97. The highest BCUT2D eigenvalue weighted by Crippen LogP contribution is 2.37. The Morgan fingerprint density at radius 3 is 2.29 bits per heavy atom. The molecule has 1 aliphatic heterocycles. The molecule has 0 amide bonds. The number of piperidine rings is 1. The van der Waals surface area contributed by atoms with Gasteiger partial charge in [0, 0.05) is 29.8 Å². The van der Waals surface area contributed by atoms with E-state index in [2.05, 4.69) is 10.2 Å². The smallest absolute Gasteiger partial charge is 0.396 e. The Labute approximate surface area is 224 Å². The lowest BCUT2D eigenvalue weighted by Gasteiger charge is -2.32. The molecule has 3 rings (SSSR count). The van der Waals surface area contributed by atoms with Gasteiger partial charge in [-0.2, -0.15) is 21.6 Å². The molecule has 1 fully saturated rings. The third-order valence-electron chi connectivity index (χ3n) is 6.14. The van der Waals surface area contributed by atoms with Crippen molar-refractivity contribution in [3.05, 3.63) is 48.5 Å². The molecule has 38 heavy (non-hydrogen) atoms. The summed E-state index contributed by atoms with van der Waals surface area (Å²) in [6.07, 6.45) is 2.16. The standard InChI is InChI=1S/C23H30F3N3O6S3/c24-23(25,26)37(31,32)22-14-18(28-38(33,34)35)6-7-21(22)27-19(16-36-20-4-2-1-3-5-20)10-13-29-11-8-17(15-30)9-12-29/h1-7,14,17,19,27-28,30H,8-13,15-16H2,(H,33,34,35). The van der Waals surface area contributed by atoms with Crippen LogP contribution in [0.2, 0.25) is 0 Å². The fraction of sp³-hybridized carbons (Fsp3) is 0.478. The van der Waals surface area contributed by atoms with Crippen molar-refractivity contribution >= 4 is 43.3 Å². The molecule has 15 heteroatoms. The van der Waals surface area contributed by atoms with Crippen molar-refractivity contribution < 1.29 is 39.7 Å². The number of aliphatic hydroxyl groups is 1. The van der Waals surface area contributed by atoms with Gasteiger partial charge in [0.1, 0.15) is 4.90 Å². The van der Waals surface area contributed by atoms with Crippen molar-refractivity contribution in [2.75, 3.05) is 42.0 Å². The number of nitrogens with one attached hydrogen (secondary N) is 2. The molecule has 2 aromatic carbocycles. The highest BCUT2D eigenvalue weighted by Gasteiger charge is 2.48. The highest BCUT2D eigenvalue weighted by molar-refractivity contribution is 7.99. The molecule has 0 aromatic heterocycles. The number of anilines is 2. The molecule has 1 aliphatic rings. The van der Waals surface area contributed by atoms with Crippen LogP contribution in [0.1, 0.15) is 19.3 Å². The minimum Gasteiger partial charge on any atom is -0.396 e. The summed E-state index contributed by atoms with van der Waals surface area (Å²) < 4.78 is 98.1. The number of rotatable bonds is 12. The number of benzene rings is 2. The van der Waals surface area contributed by atoms with E-state index in [0.29, 0.717) is 24.8 Å². The minimum atomic E-state index is -5.86. The number of halogens is 3. The first-order chi connectivity index (χ1) is 17.8. The molecule has 1 heterocycles. The second kappa shape index (κ2) is 12.9. The highest BCUT2D eigenvalue weighted by atomic mass is 32.2. The molecule has 1 unspecified atom stereocenters. The number of thioether (sulfide) groups is 1. The summed E-state index contributed by atoms with van der Waals surface area (Å²) in [5, 5.41) is 12.3. The van der Waals surface area contributed by atoms with Crippen LogP contribution in [0.25, 0.3) is 0 Å². The molecule has 1 atom stereocenters. The van der Waals surface area contributed by atoms with Crippen LogP contribution in [0.15, 0.2) is 58.3 Å². The second-order valence-electron chi connectivity index (χ2n) is 8.96. The zero-order valence-corrected chi connectivity index (χ0v) is 22.7. The summed E-state index contributed by atoms with van der Waals surface area (Å²) in [5.41, 5.74) is -6.51. The van der Waals surface area contributed by atoms with Gasteiger partial charge in [0.05, 0.1) is 11.4 Å². The molecule has 0 radical (unpaired) electrons. The first-order valence-corrected chi connectivity index (χ1v) is 15.7. The monoisotopic (exact) mass is 597 g/mol. The van der Waals surface area contributed by atoms with Crippen molar-refractivity contribution in [2.24, 2.45) is 5.92 Å². The molecule has 0 saturated carbocycles. The molecule has 2 aromatic rings. The van der Waals surface area contributed by atoms with Crippen molar-refractivity contribution in [3.8, 4) is 0 Å². The maximum absolute atomic E-state index is 13.5. The van der Waals surface area contributed by atoms with Gasteiger partial charge in [-0.3, -0.25) is 9.27 Å². The average molecular weight is 598 g/mol. The predicted molar refractivity (Wildman–Crippen MR) is 140 cm³/mol. The van der Waals surface area contributed by atoms with Gasteiger partial charge in [-0.1, -0.05) is 18.2 Å². The summed E-state index contributed by atoms with van der Waals surface area (Å²) in [6.45, 7) is 2.28. The molecule has 9 nitrogen and oxygen atoms in total. The number of likely N-dealkylation sites (tertiary alicyclic amines) is 1. The first-order valence-electron chi connectivity index (χ1n) is 11.8. The lowest BCUT2D eigenvalue weighted by atomic mass is 9.97. The number of nitrogens with zero attached hydrogens (tertiary/aromatic N) is 1. The van der Waals surface area contributed by atoms with Crippen LogP contribution < -0.4 is 10.0 Å². The number of aliphatic hydroxyl groups excluding tert-OH is 1. The van der Waals surface area contributed by atoms with Crippen molar-refractivity contribution in [3.63, 3.8) is 0 Å². The van der Waals surface area contributed by atoms with Gasteiger partial charge in [0.2, 0.25) is 0 Å². The second-order valence-corrected chi connectivity index (χ2v) is 13.1. The fourth-order valence-electron chi connectivity index (χ4n) is 4.06. The van der Waals surface area contributed by atoms with E-state index in [4.69, 9.17) is 4.55 Å². The maximum Gasteiger partial charge on any atom is 0.501 e. The third kappa shape index (κ3) is 8.74. The SMILES string of the molecule is O=S(=O)(O)Nc1ccc(NC(CCN2CCC(CO)CC2)CSc2ccccc2)c(S(=O)(=O)C(F)(F)F)c1. The normalized spacial score (nSPS) is 16.8. The van der Waals surface area contributed by atoms with E-state index in [9.17, 15) is 35.1 Å². The van der Waals surface area contributed by atoms with E-state index in [1.807, 2.05) is 30.3 Å². The minimum absolute atomic E-state index is 0.130. The Morgan fingerprint density at radius 2 is 1.71 bits per heavy atom. The molecule has 0 bridgehead atoms. The van der Waals surface area contributed by atoms with Crippen LogP contribution >= 0.6 is 11.8 Å². The average Bonchev–Trinajstić information content (AvgIpc) is 2.85. The number of hydrogen-bond acceptors (Lipinski definition) is 8. The maximum atomic E-state index is 13.5. The third-order valence-corrected chi connectivity index (χ3v) is 9.33. The van der Waals surface area contributed by atoms with Crippen LogP contribution in [0.4, 0.5) is 24.5 Å². The Bertz CT molecular complexity index is 1270. The van der Waals surface area contributed by atoms with Crippen LogP contribution in [-0.4, -0.2) is 74.9 Å². The van der Waals surface area contributed by atoms with E-state index in [0.717, 1.165) is 43.0 Å². The zero-order valence-electron chi connectivity index (χ0n) is 20.3. The van der Waals surface area contributed by atoms with Gasteiger partial charge in [-0.05, 0) is 68.6 Å². The Hall–Kier alpha value is -2.04. The van der Waals surface area contributed by atoms with Crippen LogP contribution in [0.3, 0.4) is 0 Å². The molecule has 1 saturated heterocycles. The largest absolute Gasteiger partial charge is 0.501 e. The van der Waals surface area contributed by atoms with Gasteiger partial charge in [0.15, 0.2) is 0 Å². The summed E-state index contributed by atoms with van der Waals surface area (Å²) in [7, 11) is -10.7. The lowest BCUT2D eigenvalue weighted by Crippen LogP contribution is -2.38. The van der Waals surface area contributed by atoms with Crippen molar-refractivity contribution in [1.82, 2.24) is 4.90 Å². The number of alkyl halides is 3. The van der Waals surface area contributed by atoms with Gasteiger partial charge in [-0.15, -0.1) is 11.8 Å². The topological polar surface area (TPSA) is 136 Å². The summed E-state index contributed by atoms with van der Waals surface area (Å²) >= 11 is 1.46. The lowest BCUT2D eigenvalue weighted by molar-refractivity contribution is -0.0435. The number of hydrogen-bond donors (Lipinski definition) is 4. The van der Waals surface area contributed by atoms with Gasteiger partial charge in [0.25, 0.3) is 9.84 Å². The molecule has 0 spiro atoms. The van der Waals surface area contributed by atoms with Gasteiger partial charge >= 0.3 is 15.8 Å². The van der Waals surface area contributed by atoms with Crippen LogP contribution in [0, 0.1) is 5.92 Å². The molecule has 4 N–H and O–H groups in total. The Morgan fingerprint density at radius 1 is 1.05 bits per heavy atom. The zero-order chi connectivity index (χ0) is 28.0. The van der Waals surface area contributed by atoms with E-state index in [1.165, 1.54) is 11.8 Å². The fourth-order valence-corrected chi connectivity index (χ4v) is 6.43. The molecular weight excluding hydrogens is 567 g/mol. The van der Waals surface area contributed by atoms with Gasteiger partial charge < -0.3 is 15.3 Å². The van der Waals surface area contributed by atoms with E-state index in [-0.39, 0.29) is 18.2 Å². The molecule has 212 valence electrons. The predicted octanol–water partition coefficient (Wildman–Crippen LogP) is 3.86. The van der Waals surface area contributed by atoms with Crippen molar-refractivity contribution in [1.29, 1.82) is 0 Å². The molecule has 0 aliphatic carbocycles. The number of sulfone groups is 1. The van der Waals surface area contributed by atoms with E-state index >= 15 is 0 Å². The first kappa shape index (κ1) is 30.5. The van der Waals surface area contributed by atoms with E-state index in [1.54, 1.807) is 4.72 Å². The summed E-state index contributed by atoms with van der Waals surface area (Å²) in [6, 6.07) is 11.5. The Kier molecular flexibility index (Phi) is 10.3. The van der Waals surface area contributed by atoms with E-state index < -0.39 is 42.3 Å². The van der Waals surface area contributed by atoms with Gasteiger partial charge in [-0.25, -0.2) is 8.42 Å². The Balaban J connectivity index is 1.87. The quantitative estimate of drug-likeness (QED) is 0.212. The van der Waals surface area contributed by atoms with Crippen LogP contribution in [-0.2, 0) is 20.1 Å². The van der Waals surface area contributed by atoms with Crippen molar-refractivity contribution in [2.45, 2.75) is 40.6 Å². The van der Waals surface area contributed by atoms with Crippen LogP contribution in [0.5, 0.6) is 0 Å². The summed E-state index contributed by atoms with van der Waals surface area (Å²) in [5.74, 6) is 0.659.